The molecular weight excluding hydrogens is 290 g/mol. The van der Waals surface area contributed by atoms with Crippen molar-refractivity contribution in [2.24, 2.45) is 10.2 Å². The Morgan fingerprint density at radius 3 is 2.61 bits per heavy atom. The van der Waals surface area contributed by atoms with Crippen LogP contribution in [-0.4, -0.2) is 12.2 Å². The number of aryl methyl sites for hydroxylation is 1. The first-order chi connectivity index (χ1) is 11.1. The number of phenolic OH excluding ortho intramolecular Hbond substituents is 1. The van der Waals surface area contributed by atoms with Gasteiger partial charge in [0.15, 0.2) is 0 Å². The van der Waals surface area contributed by atoms with Gasteiger partial charge < -0.3 is 15.6 Å². The van der Waals surface area contributed by atoms with E-state index in [0.29, 0.717) is 22.8 Å². The fourth-order valence-electron chi connectivity index (χ4n) is 2.43. The summed E-state index contributed by atoms with van der Waals surface area (Å²) in [6, 6.07) is 14.5. The van der Waals surface area contributed by atoms with E-state index < -0.39 is 0 Å². The monoisotopic (exact) mass is 307 g/mol. The smallest absolute Gasteiger partial charge is 0.148 e. The Kier molecular flexibility index (Phi) is 3.85. The number of nitrogens with zero attached hydrogens (tertiary/aromatic N) is 2. The lowest BCUT2D eigenvalue weighted by Crippen LogP contribution is -1.87. The zero-order valence-electron chi connectivity index (χ0n) is 12.9. The summed E-state index contributed by atoms with van der Waals surface area (Å²) in [5.41, 5.74) is 8.62. The van der Waals surface area contributed by atoms with Crippen molar-refractivity contribution in [3.8, 4) is 11.5 Å². The van der Waals surface area contributed by atoms with E-state index in [-0.39, 0.29) is 5.75 Å². The van der Waals surface area contributed by atoms with E-state index in [1.807, 2.05) is 31.2 Å². The number of phenols is 1. The molecule has 116 valence electrons. The Labute approximate surface area is 134 Å². The Morgan fingerprint density at radius 2 is 1.83 bits per heavy atom. The highest BCUT2D eigenvalue weighted by Gasteiger charge is 2.04. The third-order valence-corrected chi connectivity index (χ3v) is 3.54. The third-order valence-electron chi connectivity index (χ3n) is 3.54. The van der Waals surface area contributed by atoms with Gasteiger partial charge in [0.1, 0.15) is 17.2 Å². The molecule has 5 heteroatoms. The number of aromatic hydroxyl groups is 1. The maximum absolute atomic E-state index is 9.96. The highest BCUT2D eigenvalue weighted by Crippen LogP contribution is 2.33. The van der Waals surface area contributed by atoms with Crippen molar-refractivity contribution in [3.05, 3.63) is 54.1 Å². The number of hydrogen-bond acceptors (Lipinski definition) is 5. The second-order valence-electron chi connectivity index (χ2n) is 5.32. The summed E-state index contributed by atoms with van der Waals surface area (Å²) < 4.78 is 5.25. The first kappa shape index (κ1) is 14.8. The van der Waals surface area contributed by atoms with Gasteiger partial charge in [0, 0.05) is 17.1 Å². The number of rotatable bonds is 3. The van der Waals surface area contributed by atoms with E-state index in [4.69, 9.17) is 10.5 Å². The largest absolute Gasteiger partial charge is 0.507 e. The van der Waals surface area contributed by atoms with Gasteiger partial charge in [-0.15, -0.1) is 5.11 Å². The van der Waals surface area contributed by atoms with Gasteiger partial charge in [0.05, 0.1) is 12.8 Å². The topological polar surface area (TPSA) is 80.2 Å². The molecular formula is C18H17N3O2. The summed E-state index contributed by atoms with van der Waals surface area (Å²) in [5.74, 6) is 0.840. The molecule has 3 aromatic carbocycles. The van der Waals surface area contributed by atoms with Crippen LogP contribution in [0.4, 0.5) is 17.1 Å². The number of ether oxygens (including phenoxy) is 1. The predicted molar refractivity (Wildman–Crippen MR) is 91.9 cm³/mol. The molecule has 0 aliphatic carbocycles. The molecule has 23 heavy (non-hydrogen) atoms. The lowest BCUT2D eigenvalue weighted by molar-refractivity contribution is 0.416. The zero-order valence-corrected chi connectivity index (χ0v) is 12.9. The van der Waals surface area contributed by atoms with Crippen molar-refractivity contribution in [2.45, 2.75) is 6.92 Å². The van der Waals surface area contributed by atoms with Crippen molar-refractivity contribution in [1.82, 2.24) is 0 Å². The predicted octanol–water partition coefficient (Wildman–Crippen LogP) is 4.86. The van der Waals surface area contributed by atoms with Gasteiger partial charge in [0.2, 0.25) is 0 Å². The minimum Gasteiger partial charge on any atom is -0.507 e. The molecule has 0 saturated heterocycles. The van der Waals surface area contributed by atoms with Crippen LogP contribution in [0.5, 0.6) is 11.5 Å². The van der Waals surface area contributed by atoms with Crippen molar-refractivity contribution in [3.63, 3.8) is 0 Å². The highest BCUT2D eigenvalue weighted by atomic mass is 16.5. The van der Waals surface area contributed by atoms with Crippen LogP contribution in [0.25, 0.3) is 10.8 Å². The van der Waals surface area contributed by atoms with Crippen LogP contribution in [0.3, 0.4) is 0 Å². The molecule has 0 saturated carbocycles. The SMILES string of the molecule is COc1cc(N)ccc1N=Nc1ccc2c(O)cc(C)cc2c1. The lowest BCUT2D eigenvalue weighted by Gasteiger charge is -2.05. The maximum atomic E-state index is 9.96. The Hall–Kier alpha value is -3.08. The normalized spacial score (nSPS) is 11.2. The van der Waals surface area contributed by atoms with Crippen LogP contribution in [-0.2, 0) is 0 Å². The minimum atomic E-state index is 0.267. The summed E-state index contributed by atoms with van der Waals surface area (Å²) in [6.07, 6.45) is 0. The highest BCUT2D eigenvalue weighted by molar-refractivity contribution is 5.90. The molecule has 0 fully saturated rings. The molecule has 5 nitrogen and oxygen atoms in total. The quantitative estimate of drug-likeness (QED) is 0.535. The molecule has 0 atom stereocenters. The van der Waals surface area contributed by atoms with E-state index in [0.717, 1.165) is 16.3 Å². The number of fused-ring (bicyclic) bond motifs is 1. The molecule has 3 aromatic rings. The molecule has 0 spiro atoms. The first-order valence-electron chi connectivity index (χ1n) is 7.15. The fraction of sp³-hybridized carbons (Fsp3) is 0.111. The summed E-state index contributed by atoms with van der Waals surface area (Å²) in [6.45, 7) is 1.94. The molecule has 0 aliphatic heterocycles. The maximum Gasteiger partial charge on any atom is 0.148 e. The molecule has 0 aliphatic rings. The summed E-state index contributed by atoms with van der Waals surface area (Å²) >= 11 is 0. The van der Waals surface area contributed by atoms with Crippen molar-refractivity contribution >= 4 is 27.8 Å². The average Bonchev–Trinajstić information content (AvgIpc) is 2.53. The van der Waals surface area contributed by atoms with Crippen LogP contribution >= 0.6 is 0 Å². The Bertz CT molecular complexity index is 904. The molecule has 0 unspecified atom stereocenters. The summed E-state index contributed by atoms with van der Waals surface area (Å²) in [4.78, 5) is 0. The summed E-state index contributed by atoms with van der Waals surface area (Å²) in [7, 11) is 1.56. The number of nitrogens with two attached hydrogens (primary N) is 1. The molecule has 3 N–H and O–H groups in total. The number of benzene rings is 3. The second kappa shape index (κ2) is 5.96. The van der Waals surface area contributed by atoms with Crippen molar-refractivity contribution < 1.29 is 9.84 Å². The van der Waals surface area contributed by atoms with E-state index in [9.17, 15) is 5.11 Å². The third kappa shape index (κ3) is 3.08. The van der Waals surface area contributed by atoms with E-state index >= 15 is 0 Å². The van der Waals surface area contributed by atoms with E-state index in [2.05, 4.69) is 10.2 Å². The molecule has 0 radical (unpaired) electrons. The van der Waals surface area contributed by atoms with Gasteiger partial charge >= 0.3 is 0 Å². The molecule has 0 heterocycles. The van der Waals surface area contributed by atoms with Gasteiger partial charge in [-0.1, -0.05) is 6.07 Å². The first-order valence-corrected chi connectivity index (χ1v) is 7.15. The number of anilines is 1. The van der Waals surface area contributed by atoms with Crippen molar-refractivity contribution in [1.29, 1.82) is 0 Å². The number of nitrogen functional groups attached to an aromatic ring is 1. The number of azo groups is 1. The number of hydrogen-bond donors (Lipinski definition) is 2. The second-order valence-corrected chi connectivity index (χ2v) is 5.32. The molecule has 3 rings (SSSR count). The molecule has 0 bridgehead atoms. The van der Waals surface area contributed by atoms with Crippen LogP contribution < -0.4 is 10.5 Å². The van der Waals surface area contributed by atoms with E-state index in [1.54, 1.807) is 31.4 Å². The van der Waals surface area contributed by atoms with Crippen molar-refractivity contribution in [2.75, 3.05) is 12.8 Å². The van der Waals surface area contributed by atoms with Gasteiger partial charge in [-0.3, -0.25) is 0 Å². The van der Waals surface area contributed by atoms with Crippen LogP contribution in [0, 0.1) is 6.92 Å². The Balaban J connectivity index is 1.98. The van der Waals surface area contributed by atoms with Crippen LogP contribution in [0.2, 0.25) is 0 Å². The molecule has 0 amide bonds. The number of methoxy groups -OCH3 is 1. The average molecular weight is 307 g/mol. The Morgan fingerprint density at radius 1 is 1.00 bits per heavy atom. The van der Waals surface area contributed by atoms with Gasteiger partial charge in [-0.2, -0.15) is 5.11 Å². The fourth-order valence-corrected chi connectivity index (χ4v) is 2.43. The van der Waals surface area contributed by atoms with Crippen LogP contribution in [0.15, 0.2) is 58.8 Å². The summed E-state index contributed by atoms with van der Waals surface area (Å²) in [5, 5.41) is 20.1. The van der Waals surface area contributed by atoms with E-state index in [1.165, 1.54) is 0 Å². The van der Waals surface area contributed by atoms with Gasteiger partial charge in [0.25, 0.3) is 0 Å². The molecule has 0 aromatic heterocycles. The van der Waals surface area contributed by atoms with Gasteiger partial charge in [-0.25, -0.2) is 0 Å². The van der Waals surface area contributed by atoms with Crippen LogP contribution in [0.1, 0.15) is 5.56 Å². The van der Waals surface area contributed by atoms with Gasteiger partial charge in [-0.05, 0) is 54.3 Å². The zero-order chi connectivity index (χ0) is 16.4. The standard InChI is InChI=1S/C18H17N3O2/c1-11-7-12-9-14(4-5-15(12)17(22)8-11)20-21-16-6-3-13(19)10-18(16)23-2/h3-10,22H,19H2,1-2H3. The minimum absolute atomic E-state index is 0.267. The lowest BCUT2D eigenvalue weighted by atomic mass is 10.1.